The van der Waals surface area contributed by atoms with Gasteiger partial charge >= 0.3 is 23.9 Å². The van der Waals surface area contributed by atoms with E-state index in [1.54, 1.807) is 0 Å². The molecule has 0 N–H and O–H groups in total. The van der Waals surface area contributed by atoms with E-state index in [9.17, 15) is 19.2 Å². The Morgan fingerprint density at radius 3 is 1.89 bits per heavy atom. The highest BCUT2D eigenvalue weighted by Crippen LogP contribution is 2.51. The van der Waals surface area contributed by atoms with Crippen molar-refractivity contribution in [2.24, 2.45) is 0 Å². The van der Waals surface area contributed by atoms with E-state index in [1.807, 2.05) is 45.0 Å². The number of carbonyl (C=O) groups excluding carboxylic acids is 4. The van der Waals surface area contributed by atoms with Crippen molar-refractivity contribution < 1.29 is 47.6 Å². The summed E-state index contributed by atoms with van der Waals surface area (Å²) in [5.74, 6) is -1.82. The van der Waals surface area contributed by atoms with Crippen molar-refractivity contribution in [1.29, 1.82) is 0 Å². The number of ether oxygens (including phenoxy) is 6. The van der Waals surface area contributed by atoms with Gasteiger partial charge in [0.25, 0.3) is 0 Å². The van der Waals surface area contributed by atoms with Crippen LogP contribution in [0.25, 0.3) is 0 Å². The summed E-state index contributed by atoms with van der Waals surface area (Å²) in [6.07, 6.45) is -5.19. The number of fused-ring (bicyclic) bond motifs is 1. The van der Waals surface area contributed by atoms with Crippen LogP contribution in [0.5, 0.6) is 5.75 Å². The Balaban J connectivity index is 1.90. The summed E-state index contributed by atoms with van der Waals surface area (Å²) >= 11 is 0. The average Bonchev–Trinajstić information content (AvgIpc) is 2.88. The third kappa shape index (κ3) is 7.07. The maximum Gasteiger partial charge on any atom is 0.303 e. The molecule has 10 nitrogen and oxygen atoms in total. The molecule has 2 aliphatic rings. The number of hydrogen-bond acceptors (Lipinski definition) is 10. The second kappa shape index (κ2) is 12.6. The highest BCUT2D eigenvalue weighted by atomic mass is 16.7. The topological polar surface area (TPSA) is 124 Å². The molecule has 6 atom stereocenters. The van der Waals surface area contributed by atoms with Gasteiger partial charge in [0.1, 0.15) is 30.2 Å². The highest BCUT2D eigenvalue weighted by Gasteiger charge is 2.54. The van der Waals surface area contributed by atoms with Crippen LogP contribution >= 0.6 is 0 Å². The standard InChI is InChI=1S/C34H42O10/c1-18-10-12-25(34(9)17-33(7,8)26-13-11-19(2)15-27(26)44-34)24(14-18)29-31(41-22(5)37)32(42-23(6)38)30(40-21(4)36)28(43-29)16-39-20(3)35/h10-15,28-32H,16-17H2,1-9H3/t28-,29?,30-,31+,32+,34?/m1/s1. The highest BCUT2D eigenvalue weighted by molar-refractivity contribution is 5.69. The molecule has 10 heteroatoms. The average molecular weight is 611 g/mol. The molecule has 2 aromatic carbocycles. The number of benzene rings is 2. The van der Waals surface area contributed by atoms with Crippen LogP contribution in [0, 0.1) is 13.8 Å². The van der Waals surface area contributed by atoms with Crippen molar-refractivity contribution in [3.05, 3.63) is 64.2 Å². The third-order valence-corrected chi connectivity index (χ3v) is 8.05. The number of carbonyl (C=O) groups is 4. The molecular weight excluding hydrogens is 568 g/mol. The Morgan fingerprint density at radius 2 is 1.30 bits per heavy atom. The fourth-order valence-electron chi connectivity index (χ4n) is 6.52. The van der Waals surface area contributed by atoms with E-state index in [0.717, 1.165) is 28.0 Å². The van der Waals surface area contributed by atoms with E-state index in [1.165, 1.54) is 27.7 Å². The summed E-state index contributed by atoms with van der Waals surface area (Å²) in [6, 6.07) is 12.1. The molecule has 0 aromatic heterocycles. The first kappa shape index (κ1) is 33.0. The van der Waals surface area contributed by atoms with Crippen molar-refractivity contribution in [2.45, 2.75) is 110 Å². The van der Waals surface area contributed by atoms with Crippen molar-refractivity contribution in [1.82, 2.24) is 0 Å². The summed E-state index contributed by atoms with van der Waals surface area (Å²) in [7, 11) is 0. The summed E-state index contributed by atoms with van der Waals surface area (Å²) < 4.78 is 35.7. The van der Waals surface area contributed by atoms with Gasteiger partial charge in [-0.15, -0.1) is 0 Å². The molecule has 238 valence electrons. The minimum atomic E-state index is -1.27. The zero-order chi connectivity index (χ0) is 32.6. The van der Waals surface area contributed by atoms with Crippen molar-refractivity contribution in [3.8, 4) is 5.75 Å². The van der Waals surface area contributed by atoms with E-state index < -0.39 is 60.0 Å². The van der Waals surface area contributed by atoms with Gasteiger partial charge in [-0.2, -0.15) is 0 Å². The molecule has 2 heterocycles. The zero-order valence-corrected chi connectivity index (χ0v) is 26.8. The quantitative estimate of drug-likeness (QED) is 0.310. The minimum absolute atomic E-state index is 0.264. The molecule has 2 aromatic rings. The van der Waals surface area contributed by atoms with Crippen LogP contribution in [0.15, 0.2) is 36.4 Å². The van der Waals surface area contributed by atoms with Crippen molar-refractivity contribution >= 4 is 23.9 Å². The first-order valence-corrected chi connectivity index (χ1v) is 14.7. The van der Waals surface area contributed by atoms with E-state index in [2.05, 4.69) is 26.0 Å². The van der Waals surface area contributed by atoms with Crippen LogP contribution in [-0.4, -0.2) is 54.9 Å². The summed E-state index contributed by atoms with van der Waals surface area (Å²) in [6.45, 7) is 14.9. The van der Waals surface area contributed by atoms with Crippen LogP contribution < -0.4 is 4.74 Å². The van der Waals surface area contributed by atoms with Gasteiger partial charge in [0.2, 0.25) is 0 Å². The number of rotatable bonds is 7. The lowest BCUT2D eigenvalue weighted by Gasteiger charge is -2.48. The Bertz CT molecular complexity index is 1450. The maximum atomic E-state index is 12.5. The Hall–Kier alpha value is -3.92. The molecular formula is C34H42O10. The summed E-state index contributed by atoms with van der Waals surface area (Å²) in [5, 5.41) is 0. The van der Waals surface area contributed by atoms with Gasteiger partial charge in [0, 0.05) is 39.7 Å². The second-order valence-electron chi connectivity index (χ2n) is 12.6. The van der Waals surface area contributed by atoms with Crippen LogP contribution in [-0.2, 0) is 53.9 Å². The Labute approximate surface area is 258 Å². The maximum absolute atomic E-state index is 12.5. The molecule has 0 amide bonds. The molecule has 2 aliphatic heterocycles. The lowest BCUT2D eigenvalue weighted by Crippen LogP contribution is -2.59. The monoisotopic (exact) mass is 610 g/mol. The fourth-order valence-corrected chi connectivity index (χ4v) is 6.52. The largest absolute Gasteiger partial charge is 0.483 e. The van der Waals surface area contributed by atoms with Crippen LogP contribution in [0.1, 0.15) is 88.8 Å². The van der Waals surface area contributed by atoms with E-state index in [0.29, 0.717) is 12.0 Å². The summed E-state index contributed by atoms with van der Waals surface area (Å²) in [5.41, 5.74) is 3.35. The predicted octanol–water partition coefficient (Wildman–Crippen LogP) is 5.08. The predicted molar refractivity (Wildman–Crippen MR) is 159 cm³/mol. The van der Waals surface area contributed by atoms with Gasteiger partial charge in [-0.05, 0) is 48.9 Å². The third-order valence-electron chi connectivity index (χ3n) is 8.05. The minimum Gasteiger partial charge on any atom is -0.483 e. The van der Waals surface area contributed by atoms with Crippen LogP contribution in [0.3, 0.4) is 0 Å². The molecule has 0 spiro atoms. The lowest BCUT2D eigenvalue weighted by molar-refractivity contribution is -0.254. The van der Waals surface area contributed by atoms with Gasteiger partial charge in [0.05, 0.1) is 0 Å². The van der Waals surface area contributed by atoms with Crippen LogP contribution in [0.2, 0.25) is 0 Å². The lowest BCUT2D eigenvalue weighted by atomic mass is 9.69. The van der Waals surface area contributed by atoms with Gasteiger partial charge < -0.3 is 28.4 Å². The van der Waals surface area contributed by atoms with Gasteiger partial charge in [-0.25, -0.2) is 0 Å². The second-order valence-corrected chi connectivity index (χ2v) is 12.6. The molecule has 0 saturated carbocycles. The van der Waals surface area contributed by atoms with E-state index >= 15 is 0 Å². The molecule has 4 rings (SSSR count). The number of esters is 4. The molecule has 0 aliphatic carbocycles. The van der Waals surface area contributed by atoms with Crippen LogP contribution in [0.4, 0.5) is 0 Å². The normalized spacial score (nSPS) is 27.2. The fraction of sp³-hybridized carbons (Fsp3) is 0.529. The Morgan fingerprint density at radius 1 is 0.750 bits per heavy atom. The zero-order valence-electron chi connectivity index (χ0n) is 26.8. The molecule has 1 fully saturated rings. The molecule has 1 saturated heterocycles. The number of aryl methyl sites for hydroxylation is 2. The van der Waals surface area contributed by atoms with Gasteiger partial charge in [-0.3, -0.25) is 19.2 Å². The first-order valence-electron chi connectivity index (χ1n) is 14.7. The molecule has 2 unspecified atom stereocenters. The molecule has 0 bridgehead atoms. The Kier molecular flexibility index (Phi) is 9.44. The smallest absolute Gasteiger partial charge is 0.303 e. The molecule has 0 radical (unpaired) electrons. The first-order chi connectivity index (χ1) is 20.5. The SMILES string of the molecule is CC(=O)OC[C@H]1OC(c2cc(C)ccc2C2(C)CC(C)(C)c3ccc(C)cc3O2)[C@H](OC(C)=O)[C@@H](OC(C)=O)[C@@H]1OC(C)=O. The van der Waals surface area contributed by atoms with Gasteiger partial charge in [-0.1, -0.05) is 49.7 Å². The van der Waals surface area contributed by atoms with E-state index in [-0.39, 0.29) is 12.0 Å². The van der Waals surface area contributed by atoms with E-state index in [4.69, 9.17) is 28.4 Å². The van der Waals surface area contributed by atoms with Crippen molar-refractivity contribution in [2.75, 3.05) is 6.61 Å². The van der Waals surface area contributed by atoms with Gasteiger partial charge in [0.15, 0.2) is 18.3 Å². The number of hydrogen-bond donors (Lipinski definition) is 0. The summed E-state index contributed by atoms with van der Waals surface area (Å²) in [4.78, 5) is 48.9. The van der Waals surface area contributed by atoms with Crippen molar-refractivity contribution in [3.63, 3.8) is 0 Å². The molecule has 44 heavy (non-hydrogen) atoms.